The summed E-state index contributed by atoms with van der Waals surface area (Å²) in [6.45, 7) is 0. The van der Waals surface area contributed by atoms with Gasteiger partial charge in [-0.2, -0.15) is 0 Å². The van der Waals surface area contributed by atoms with E-state index in [2.05, 4.69) is 0 Å². The van der Waals surface area contributed by atoms with Gasteiger partial charge in [-0.15, -0.1) is 0 Å². The molecule has 0 saturated carbocycles. The first-order valence-electron chi connectivity index (χ1n) is 6.65. The first kappa shape index (κ1) is 14.5. The van der Waals surface area contributed by atoms with E-state index in [1.165, 1.54) is 12.1 Å². The fraction of sp³-hybridized carbons (Fsp3) is 0. The molecule has 0 aliphatic heterocycles. The van der Waals surface area contributed by atoms with Gasteiger partial charge in [0.05, 0.1) is 21.0 Å². The molecule has 23 heavy (non-hydrogen) atoms. The molecule has 0 atom stereocenters. The molecule has 0 saturated heterocycles. The molecule has 0 amide bonds. The van der Waals surface area contributed by atoms with Gasteiger partial charge in [-0.05, 0) is 24.3 Å². The molecule has 1 heterocycles. The van der Waals surface area contributed by atoms with Crippen LogP contribution in [0, 0.1) is 20.2 Å². The fourth-order valence-electron chi connectivity index (χ4n) is 2.31. The number of nitro groups is 2. The number of benzene rings is 2. The van der Waals surface area contributed by atoms with Gasteiger partial charge in [-0.25, -0.2) is 0 Å². The zero-order chi connectivity index (χ0) is 16.4. The normalized spacial score (nSPS) is 10.4. The molecular weight excluding hydrogens is 300 g/mol. The minimum atomic E-state index is -0.498. The molecule has 0 spiro atoms. The number of furan rings is 1. The van der Waals surface area contributed by atoms with Gasteiger partial charge in [0.2, 0.25) is 0 Å². The summed E-state index contributed by atoms with van der Waals surface area (Å²) >= 11 is 0. The van der Waals surface area contributed by atoms with E-state index in [1.807, 2.05) is 0 Å². The minimum absolute atomic E-state index is 0.0871. The van der Waals surface area contributed by atoms with Crippen LogP contribution >= 0.6 is 0 Å². The van der Waals surface area contributed by atoms with Gasteiger partial charge >= 0.3 is 0 Å². The average molecular weight is 310 g/mol. The van der Waals surface area contributed by atoms with E-state index < -0.39 is 9.85 Å². The second-order valence-corrected chi connectivity index (χ2v) is 4.71. The molecule has 3 rings (SSSR count). The number of hydrogen-bond acceptors (Lipinski definition) is 5. The van der Waals surface area contributed by atoms with E-state index in [9.17, 15) is 20.2 Å². The monoisotopic (exact) mass is 310 g/mol. The molecule has 0 fully saturated rings. The zero-order valence-electron chi connectivity index (χ0n) is 11.7. The molecule has 7 nitrogen and oxygen atoms in total. The fourth-order valence-corrected chi connectivity index (χ4v) is 2.31. The maximum absolute atomic E-state index is 11.1. The van der Waals surface area contributed by atoms with Crippen molar-refractivity contribution in [2.75, 3.05) is 0 Å². The molecule has 7 heteroatoms. The van der Waals surface area contributed by atoms with Gasteiger partial charge in [-0.3, -0.25) is 20.2 Å². The second-order valence-electron chi connectivity index (χ2n) is 4.71. The van der Waals surface area contributed by atoms with Crippen LogP contribution in [0.2, 0.25) is 0 Å². The van der Waals surface area contributed by atoms with E-state index in [1.54, 1.807) is 48.5 Å². The van der Waals surface area contributed by atoms with Crippen LogP contribution in [0.3, 0.4) is 0 Å². The summed E-state index contributed by atoms with van der Waals surface area (Å²) in [5.74, 6) is 0.566. The molecule has 0 unspecified atom stereocenters. The summed E-state index contributed by atoms with van der Waals surface area (Å²) in [5.41, 5.74) is 0.469. The van der Waals surface area contributed by atoms with Crippen LogP contribution in [0.25, 0.3) is 22.6 Å². The Hall–Kier alpha value is -3.48. The van der Waals surface area contributed by atoms with E-state index >= 15 is 0 Å². The molecular formula is C16H10N2O5. The number of hydrogen-bond donors (Lipinski definition) is 0. The predicted molar refractivity (Wildman–Crippen MR) is 82.9 cm³/mol. The maximum Gasteiger partial charge on any atom is 0.280 e. The van der Waals surface area contributed by atoms with Crippen LogP contribution < -0.4 is 0 Å². The zero-order valence-corrected chi connectivity index (χ0v) is 11.7. The Morgan fingerprint density at radius 3 is 1.43 bits per heavy atom. The third-order valence-electron chi connectivity index (χ3n) is 3.34. The first-order chi connectivity index (χ1) is 11.1. The van der Waals surface area contributed by atoms with Gasteiger partial charge in [-0.1, -0.05) is 24.3 Å². The van der Waals surface area contributed by atoms with Crippen LogP contribution in [0.4, 0.5) is 11.4 Å². The molecule has 0 aliphatic carbocycles. The number of para-hydroxylation sites is 2. The Morgan fingerprint density at radius 2 is 1.04 bits per heavy atom. The highest BCUT2D eigenvalue weighted by Crippen LogP contribution is 2.36. The highest BCUT2D eigenvalue weighted by Gasteiger charge is 2.20. The lowest BCUT2D eigenvalue weighted by molar-refractivity contribution is -0.384. The Bertz CT molecular complexity index is 829. The van der Waals surface area contributed by atoms with Crippen molar-refractivity contribution in [2.24, 2.45) is 0 Å². The van der Waals surface area contributed by atoms with Gasteiger partial charge in [0, 0.05) is 12.1 Å². The van der Waals surface area contributed by atoms with Gasteiger partial charge in [0.15, 0.2) is 0 Å². The van der Waals surface area contributed by atoms with E-state index in [0.717, 1.165) is 0 Å². The van der Waals surface area contributed by atoms with Gasteiger partial charge in [0.25, 0.3) is 11.4 Å². The molecule has 0 bridgehead atoms. The Labute approximate surface area is 130 Å². The van der Waals surface area contributed by atoms with Crippen LogP contribution in [-0.2, 0) is 0 Å². The number of nitro benzene ring substituents is 2. The molecule has 0 radical (unpaired) electrons. The summed E-state index contributed by atoms with van der Waals surface area (Å²) < 4.78 is 5.63. The molecule has 114 valence electrons. The summed E-state index contributed by atoms with van der Waals surface area (Å²) in [7, 11) is 0. The average Bonchev–Trinajstić information content (AvgIpc) is 3.04. The minimum Gasteiger partial charge on any atom is -0.456 e. The standard InChI is InChI=1S/C16H10N2O5/c19-17(20)13-7-3-1-5-11(13)15-9-10-16(23-15)12-6-2-4-8-14(12)18(21)22/h1-10H. The van der Waals surface area contributed by atoms with Crippen molar-refractivity contribution in [1.29, 1.82) is 0 Å². The van der Waals surface area contributed by atoms with Gasteiger partial charge < -0.3 is 4.42 Å². The number of nitrogens with zero attached hydrogens (tertiary/aromatic N) is 2. The second kappa shape index (κ2) is 5.72. The van der Waals surface area contributed by atoms with E-state index in [-0.39, 0.29) is 22.9 Å². The van der Waals surface area contributed by atoms with Crippen molar-refractivity contribution in [2.45, 2.75) is 0 Å². The maximum atomic E-state index is 11.1. The highest BCUT2D eigenvalue weighted by molar-refractivity contribution is 5.74. The topological polar surface area (TPSA) is 99.4 Å². The van der Waals surface area contributed by atoms with Crippen molar-refractivity contribution >= 4 is 11.4 Å². The largest absolute Gasteiger partial charge is 0.456 e. The van der Waals surface area contributed by atoms with Crippen LogP contribution in [-0.4, -0.2) is 9.85 Å². The smallest absolute Gasteiger partial charge is 0.280 e. The lowest BCUT2D eigenvalue weighted by atomic mass is 10.1. The lowest BCUT2D eigenvalue weighted by Crippen LogP contribution is -1.91. The molecule has 2 aromatic carbocycles. The molecule has 1 aromatic heterocycles. The van der Waals surface area contributed by atoms with Gasteiger partial charge in [0.1, 0.15) is 11.5 Å². The summed E-state index contributed by atoms with van der Waals surface area (Å²) in [6.07, 6.45) is 0. The summed E-state index contributed by atoms with van der Waals surface area (Å²) in [5, 5.41) is 22.2. The van der Waals surface area contributed by atoms with Crippen molar-refractivity contribution in [3.63, 3.8) is 0 Å². The first-order valence-corrected chi connectivity index (χ1v) is 6.65. The van der Waals surface area contributed by atoms with Crippen molar-refractivity contribution < 1.29 is 14.3 Å². The number of rotatable bonds is 4. The van der Waals surface area contributed by atoms with Crippen LogP contribution in [0.5, 0.6) is 0 Å². The van der Waals surface area contributed by atoms with Crippen molar-refractivity contribution in [1.82, 2.24) is 0 Å². The quantitative estimate of drug-likeness (QED) is 0.524. The Kier molecular flexibility index (Phi) is 3.60. The van der Waals surface area contributed by atoms with Crippen LogP contribution in [0.1, 0.15) is 0 Å². The van der Waals surface area contributed by atoms with E-state index in [4.69, 9.17) is 4.42 Å². The Balaban J connectivity index is 2.09. The summed E-state index contributed by atoms with van der Waals surface area (Å²) in [4.78, 5) is 21.2. The van der Waals surface area contributed by atoms with Crippen molar-refractivity contribution in [3.05, 3.63) is 80.9 Å². The molecule has 0 N–H and O–H groups in total. The third kappa shape index (κ3) is 2.67. The van der Waals surface area contributed by atoms with Crippen LogP contribution in [0.15, 0.2) is 65.1 Å². The molecule has 0 aliphatic rings. The molecule has 3 aromatic rings. The third-order valence-corrected chi connectivity index (χ3v) is 3.34. The summed E-state index contributed by atoms with van der Waals surface area (Å²) in [6, 6.07) is 15.5. The lowest BCUT2D eigenvalue weighted by Gasteiger charge is -2.01. The van der Waals surface area contributed by atoms with E-state index in [0.29, 0.717) is 11.1 Å². The highest BCUT2D eigenvalue weighted by atomic mass is 16.6. The Morgan fingerprint density at radius 1 is 0.652 bits per heavy atom. The predicted octanol–water partition coefficient (Wildman–Crippen LogP) is 4.43. The van der Waals surface area contributed by atoms with Crippen molar-refractivity contribution in [3.8, 4) is 22.6 Å². The SMILES string of the molecule is O=[N+]([O-])c1ccccc1-c1ccc(-c2ccccc2[N+](=O)[O-])o1.